The summed E-state index contributed by atoms with van der Waals surface area (Å²) in [6.07, 6.45) is 1.59. The molecule has 2 aromatic heterocycles. The molecule has 1 saturated heterocycles. The monoisotopic (exact) mass is 279 g/mol. The normalized spacial score (nSPS) is 19.6. The molecule has 108 valence electrons. The number of nitrogens with zero attached hydrogens (tertiary/aromatic N) is 4. The lowest BCUT2D eigenvalue weighted by Crippen LogP contribution is -2.41. The van der Waals surface area contributed by atoms with Crippen molar-refractivity contribution in [2.75, 3.05) is 19.7 Å². The molecule has 0 radical (unpaired) electrons. The van der Waals surface area contributed by atoms with Crippen molar-refractivity contribution in [3.05, 3.63) is 27.2 Å². The molecule has 1 N–H and O–H groups in total. The summed E-state index contributed by atoms with van der Waals surface area (Å²) in [7, 11) is 3.08. The van der Waals surface area contributed by atoms with Crippen LogP contribution in [0, 0.1) is 0 Å². The van der Waals surface area contributed by atoms with Gasteiger partial charge in [-0.3, -0.25) is 13.9 Å². The highest BCUT2D eigenvalue weighted by atomic mass is 16.5. The smallest absolute Gasteiger partial charge is 0.332 e. The zero-order chi connectivity index (χ0) is 14.3. The van der Waals surface area contributed by atoms with Crippen LogP contribution < -0.4 is 16.6 Å². The van der Waals surface area contributed by atoms with Gasteiger partial charge in [-0.1, -0.05) is 0 Å². The maximum absolute atomic E-state index is 12.3. The van der Waals surface area contributed by atoms with E-state index in [0.29, 0.717) is 24.3 Å². The van der Waals surface area contributed by atoms with Crippen LogP contribution >= 0.6 is 0 Å². The first kappa shape index (κ1) is 13.1. The highest BCUT2D eigenvalue weighted by Crippen LogP contribution is 2.08. The van der Waals surface area contributed by atoms with Crippen molar-refractivity contribution in [2.45, 2.75) is 12.6 Å². The number of hydrogen-bond acceptors (Lipinski definition) is 5. The molecule has 1 unspecified atom stereocenters. The first-order chi connectivity index (χ1) is 9.59. The minimum atomic E-state index is -0.372. The van der Waals surface area contributed by atoms with Crippen LogP contribution in [0.2, 0.25) is 0 Å². The molecule has 0 spiro atoms. The van der Waals surface area contributed by atoms with Crippen molar-refractivity contribution >= 4 is 11.2 Å². The lowest BCUT2D eigenvalue weighted by atomic mass is 10.3. The highest BCUT2D eigenvalue weighted by Gasteiger charge is 2.18. The van der Waals surface area contributed by atoms with Gasteiger partial charge in [-0.25, -0.2) is 9.78 Å². The number of hydrogen-bond donors (Lipinski definition) is 1. The molecule has 0 aliphatic carbocycles. The Morgan fingerprint density at radius 1 is 1.40 bits per heavy atom. The lowest BCUT2D eigenvalue weighted by Gasteiger charge is -2.23. The third-order valence-corrected chi connectivity index (χ3v) is 3.62. The number of ether oxygens (including phenoxy) is 1. The number of aryl methyl sites for hydroxylation is 1. The number of rotatable bonds is 2. The molecule has 1 fully saturated rings. The van der Waals surface area contributed by atoms with Crippen molar-refractivity contribution in [3.63, 3.8) is 0 Å². The molecule has 1 atom stereocenters. The summed E-state index contributed by atoms with van der Waals surface area (Å²) >= 11 is 0. The molecule has 20 heavy (non-hydrogen) atoms. The second-order valence-corrected chi connectivity index (χ2v) is 4.97. The van der Waals surface area contributed by atoms with Gasteiger partial charge in [-0.05, 0) is 0 Å². The van der Waals surface area contributed by atoms with Crippen molar-refractivity contribution < 1.29 is 4.74 Å². The van der Waals surface area contributed by atoms with Gasteiger partial charge in [0, 0.05) is 27.2 Å². The Morgan fingerprint density at radius 2 is 2.20 bits per heavy atom. The SMILES string of the molecule is Cn1c(=O)c2c(ncn2CC2CNCCO2)n(C)c1=O. The minimum absolute atomic E-state index is 0.00286. The van der Waals surface area contributed by atoms with Crippen molar-refractivity contribution in [3.8, 4) is 0 Å². The first-order valence-electron chi connectivity index (χ1n) is 6.52. The highest BCUT2D eigenvalue weighted by molar-refractivity contribution is 5.69. The largest absolute Gasteiger partial charge is 0.374 e. The predicted molar refractivity (Wildman–Crippen MR) is 72.8 cm³/mol. The first-order valence-corrected chi connectivity index (χ1v) is 6.52. The fraction of sp³-hybridized carbons (Fsp3) is 0.583. The van der Waals surface area contributed by atoms with Crippen LogP contribution in [0.4, 0.5) is 0 Å². The zero-order valence-electron chi connectivity index (χ0n) is 11.5. The van der Waals surface area contributed by atoms with Gasteiger partial charge in [0.15, 0.2) is 11.2 Å². The summed E-state index contributed by atoms with van der Waals surface area (Å²) in [6, 6.07) is 0. The second-order valence-electron chi connectivity index (χ2n) is 4.97. The fourth-order valence-corrected chi connectivity index (χ4v) is 2.49. The van der Waals surface area contributed by atoms with E-state index < -0.39 is 0 Å². The van der Waals surface area contributed by atoms with Crippen LogP contribution in [0.25, 0.3) is 11.2 Å². The van der Waals surface area contributed by atoms with Gasteiger partial charge in [-0.15, -0.1) is 0 Å². The second kappa shape index (κ2) is 4.88. The van der Waals surface area contributed by atoms with E-state index in [1.165, 1.54) is 11.6 Å². The van der Waals surface area contributed by atoms with Gasteiger partial charge >= 0.3 is 5.69 Å². The van der Waals surface area contributed by atoms with Gasteiger partial charge in [-0.2, -0.15) is 0 Å². The van der Waals surface area contributed by atoms with Crippen LogP contribution in [-0.2, 0) is 25.4 Å². The quantitative estimate of drug-likeness (QED) is 0.717. The van der Waals surface area contributed by atoms with E-state index in [9.17, 15) is 9.59 Å². The summed E-state index contributed by atoms with van der Waals surface area (Å²) in [5.74, 6) is 0. The fourth-order valence-electron chi connectivity index (χ4n) is 2.49. The van der Waals surface area contributed by atoms with E-state index in [1.807, 2.05) is 0 Å². The van der Waals surface area contributed by atoms with Crippen LogP contribution in [-0.4, -0.2) is 44.5 Å². The average molecular weight is 279 g/mol. The Bertz CT molecular complexity index is 751. The Balaban J connectivity index is 2.09. The van der Waals surface area contributed by atoms with Gasteiger partial charge in [0.1, 0.15) is 0 Å². The standard InChI is InChI=1S/C12H17N5O3/c1-15-10-9(11(18)16(2)12(15)19)17(7-14-10)6-8-5-13-3-4-20-8/h7-8,13H,3-6H2,1-2H3. The number of morpholine rings is 1. The number of nitrogens with one attached hydrogen (secondary N) is 1. The molecule has 0 amide bonds. The summed E-state index contributed by atoms with van der Waals surface area (Å²) in [5.41, 5.74) is 0.137. The van der Waals surface area contributed by atoms with E-state index in [4.69, 9.17) is 4.74 Å². The molecule has 3 heterocycles. The Morgan fingerprint density at radius 3 is 2.90 bits per heavy atom. The summed E-state index contributed by atoms with van der Waals surface area (Å²) in [4.78, 5) is 28.3. The molecule has 0 aromatic carbocycles. The number of imidazole rings is 1. The molecule has 2 aromatic rings. The molecular formula is C12H17N5O3. The van der Waals surface area contributed by atoms with Crippen molar-refractivity contribution in [1.29, 1.82) is 0 Å². The van der Waals surface area contributed by atoms with Crippen LogP contribution in [0.1, 0.15) is 0 Å². The maximum Gasteiger partial charge on any atom is 0.332 e. The molecule has 0 saturated carbocycles. The lowest BCUT2D eigenvalue weighted by molar-refractivity contribution is 0.0188. The zero-order valence-corrected chi connectivity index (χ0v) is 11.5. The molecule has 3 rings (SSSR count). The Labute approximate surface area is 114 Å². The molecule has 1 aliphatic rings. The summed E-state index contributed by atoms with van der Waals surface area (Å²) in [5, 5.41) is 3.24. The van der Waals surface area contributed by atoms with Crippen molar-refractivity contribution in [2.24, 2.45) is 14.1 Å². The maximum atomic E-state index is 12.3. The van der Waals surface area contributed by atoms with E-state index in [-0.39, 0.29) is 17.4 Å². The number of aromatic nitrogens is 4. The Kier molecular flexibility index (Phi) is 3.19. The number of fused-ring (bicyclic) bond motifs is 1. The summed E-state index contributed by atoms with van der Waals surface area (Å²) < 4.78 is 9.87. The molecule has 0 bridgehead atoms. The van der Waals surface area contributed by atoms with Crippen LogP contribution in [0.5, 0.6) is 0 Å². The third kappa shape index (κ3) is 1.97. The molecule has 8 heteroatoms. The molecule has 8 nitrogen and oxygen atoms in total. The van der Waals surface area contributed by atoms with Gasteiger partial charge in [0.05, 0.1) is 25.6 Å². The third-order valence-electron chi connectivity index (χ3n) is 3.62. The van der Waals surface area contributed by atoms with Gasteiger partial charge in [0.25, 0.3) is 5.56 Å². The average Bonchev–Trinajstić information content (AvgIpc) is 2.88. The summed E-state index contributed by atoms with van der Waals surface area (Å²) in [6.45, 7) is 2.79. The minimum Gasteiger partial charge on any atom is -0.374 e. The van der Waals surface area contributed by atoms with E-state index in [2.05, 4.69) is 10.3 Å². The van der Waals surface area contributed by atoms with Gasteiger partial charge < -0.3 is 14.6 Å². The van der Waals surface area contributed by atoms with Crippen molar-refractivity contribution in [1.82, 2.24) is 24.0 Å². The van der Waals surface area contributed by atoms with E-state index >= 15 is 0 Å². The van der Waals surface area contributed by atoms with Crippen LogP contribution in [0.15, 0.2) is 15.9 Å². The molecule has 1 aliphatic heterocycles. The van der Waals surface area contributed by atoms with Crippen LogP contribution in [0.3, 0.4) is 0 Å². The predicted octanol–water partition coefficient (Wildman–Crippen LogP) is -1.58. The van der Waals surface area contributed by atoms with Gasteiger partial charge in [0.2, 0.25) is 0 Å². The Hall–Kier alpha value is -1.93. The molecular weight excluding hydrogens is 262 g/mol. The van der Waals surface area contributed by atoms with E-state index in [0.717, 1.165) is 17.7 Å². The van der Waals surface area contributed by atoms with E-state index in [1.54, 1.807) is 17.9 Å². The topological polar surface area (TPSA) is 83.1 Å².